The van der Waals surface area contributed by atoms with Crippen molar-refractivity contribution in [3.63, 3.8) is 0 Å². The highest BCUT2D eigenvalue weighted by atomic mass is 16.3. The van der Waals surface area contributed by atoms with Crippen molar-refractivity contribution < 1.29 is 24.6 Å². The van der Waals surface area contributed by atoms with Crippen molar-refractivity contribution in [1.29, 1.82) is 0 Å². The van der Waals surface area contributed by atoms with Gasteiger partial charge in [0.25, 0.3) is 6.47 Å². The molecule has 0 spiro atoms. The van der Waals surface area contributed by atoms with Gasteiger partial charge >= 0.3 is 0 Å². The summed E-state index contributed by atoms with van der Waals surface area (Å²) in [4.78, 5) is 36.8. The fourth-order valence-corrected chi connectivity index (χ4v) is 3.39. The van der Waals surface area contributed by atoms with E-state index < -0.39 is 12.1 Å². The molecule has 3 rings (SSSR count). The lowest BCUT2D eigenvalue weighted by molar-refractivity contribution is -0.125. The van der Waals surface area contributed by atoms with Gasteiger partial charge in [-0.05, 0) is 30.9 Å². The van der Waals surface area contributed by atoms with Gasteiger partial charge in [-0.3, -0.25) is 14.4 Å². The molecule has 1 fully saturated rings. The van der Waals surface area contributed by atoms with Crippen LogP contribution in [0.3, 0.4) is 0 Å². The first-order valence-electron chi connectivity index (χ1n) is 10.1. The molecule has 1 heterocycles. The molecule has 9 heteroatoms. The number of aliphatic hydroxyl groups excluding tert-OH is 1. The summed E-state index contributed by atoms with van der Waals surface area (Å²) in [5, 5.41) is 22.8. The molecule has 2 aromatic rings. The maximum Gasteiger partial charge on any atom is 0.290 e. The first-order valence-corrected chi connectivity index (χ1v) is 10.1. The minimum Gasteiger partial charge on any atom is -0.483 e. The van der Waals surface area contributed by atoms with E-state index in [-0.39, 0.29) is 24.2 Å². The summed E-state index contributed by atoms with van der Waals surface area (Å²) in [6, 6.07) is 9.11. The molecule has 1 aliphatic carbocycles. The number of hydrogen-bond acceptors (Lipinski definition) is 5. The van der Waals surface area contributed by atoms with Crippen molar-refractivity contribution >= 4 is 24.4 Å². The van der Waals surface area contributed by atoms with Crippen LogP contribution < -0.4 is 10.6 Å². The number of nitrogens with zero attached hydrogens (tertiary/aromatic N) is 2. The lowest BCUT2D eigenvalue weighted by atomic mass is 10.1. The molecule has 1 aromatic heterocycles. The fraction of sp³-hybridized carbons (Fsp3) is 0.364. The number of amides is 2. The summed E-state index contributed by atoms with van der Waals surface area (Å²) >= 11 is 0. The highest BCUT2D eigenvalue weighted by Gasteiger charge is 2.37. The van der Waals surface area contributed by atoms with Crippen molar-refractivity contribution in [3.05, 3.63) is 60.7 Å². The zero-order valence-corrected chi connectivity index (χ0v) is 17.1. The van der Waals surface area contributed by atoms with Crippen molar-refractivity contribution in [2.24, 2.45) is 5.92 Å². The van der Waals surface area contributed by atoms with Crippen LogP contribution in [0.15, 0.2) is 55.1 Å². The number of carboxylic acid groups (broad SMARTS) is 1. The van der Waals surface area contributed by atoms with Crippen molar-refractivity contribution in [2.75, 3.05) is 6.54 Å². The summed E-state index contributed by atoms with van der Waals surface area (Å²) in [7, 11) is 0. The molecule has 1 aliphatic rings. The second-order valence-corrected chi connectivity index (χ2v) is 7.15. The van der Waals surface area contributed by atoms with Gasteiger partial charge < -0.3 is 25.4 Å². The van der Waals surface area contributed by atoms with E-state index >= 15 is 0 Å². The number of aromatic nitrogens is 2. The quantitative estimate of drug-likeness (QED) is 0.282. The Morgan fingerprint density at radius 1 is 1.23 bits per heavy atom. The van der Waals surface area contributed by atoms with E-state index in [2.05, 4.69) is 15.6 Å². The number of imidazole rings is 1. The minimum absolute atomic E-state index is 0.0683. The lowest BCUT2D eigenvalue weighted by Crippen LogP contribution is -2.39. The van der Waals surface area contributed by atoms with Gasteiger partial charge in [0.05, 0.1) is 18.5 Å². The van der Waals surface area contributed by atoms with Crippen LogP contribution in [0.25, 0.3) is 6.08 Å². The topological polar surface area (TPSA) is 134 Å². The van der Waals surface area contributed by atoms with E-state index in [0.29, 0.717) is 19.4 Å². The molecule has 166 valence electrons. The molecule has 0 aliphatic heterocycles. The number of hydrogen-bond donors (Lipinski definition) is 4. The van der Waals surface area contributed by atoms with E-state index in [1.807, 2.05) is 41.1 Å². The highest BCUT2D eigenvalue weighted by molar-refractivity contribution is 5.92. The largest absolute Gasteiger partial charge is 0.483 e. The van der Waals surface area contributed by atoms with Crippen LogP contribution in [0.5, 0.6) is 0 Å². The predicted molar refractivity (Wildman–Crippen MR) is 115 cm³/mol. The molecule has 0 unspecified atom stereocenters. The summed E-state index contributed by atoms with van der Waals surface area (Å²) in [5.74, 6) is -0.623. The third kappa shape index (κ3) is 8.43. The second-order valence-electron chi connectivity index (χ2n) is 7.15. The third-order valence-electron chi connectivity index (χ3n) is 4.91. The Bertz CT molecular complexity index is 839. The fourth-order valence-electron chi connectivity index (χ4n) is 3.39. The van der Waals surface area contributed by atoms with E-state index in [1.54, 1.807) is 18.6 Å². The Morgan fingerprint density at radius 3 is 2.65 bits per heavy atom. The number of rotatable bonds is 8. The summed E-state index contributed by atoms with van der Waals surface area (Å²) in [5.41, 5.74) is 0.928. The highest BCUT2D eigenvalue weighted by Crippen LogP contribution is 2.26. The first-order chi connectivity index (χ1) is 15.0. The average molecular weight is 428 g/mol. The number of aliphatic hydroxyl groups is 1. The molecular formula is C22H28N4O5. The van der Waals surface area contributed by atoms with Crippen molar-refractivity contribution in [2.45, 2.75) is 38.0 Å². The molecule has 0 saturated heterocycles. The minimum atomic E-state index is -0.712. The predicted octanol–water partition coefficient (Wildman–Crippen LogP) is 1.06. The van der Waals surface area contributed by atoms with Gasteiger partial charge in [-0.2, -0.15) is 0 Å². The van der Waals surface area contributed by atoms with Crippen LogP contribution in [-0.2, 0) is 20.9 Å². The van der Waals surface area contributed by atoms with Gasteiger partial charge in [0.15, 0.2) is 0 Å². The molecule has 31 heavy (non-hydrogen) atoms. The zero-order chi connectivity index (χ0) is 22.5. The average Bonchev–Trinajstić information content (AvgIpc) is 3.41. The van der Waals surface area contributed by atoms with Gasteiger partial charge in [-0.15, -0.1) is 0 Å². The Morgan fingerprint density at radius 2 is 1.97 bits per heavy atom. The molecular weight excluding hydrogens is 400 g/mol. The van der Waals surface area contributed by atoms with E-state index in [0.717, 1.165) is 18.5 Å². The normalized spacial score (nSPS) is 20.0. The van der Waals surface area contributed by atoms with Gasteiger partial charge in [-0.1, -0.05) is 30.3 Å². The van der Waals surface area contributed by atoms with Crippen LogP contribution in [-0.4, -0.2) is 56.7 Å². The maximum absolute atomic E-state index is 12.3. The zero-order valence-electron chi connectivity index (χ0n) is 17.1. The van der Waals surface area contributed by atoms with Crippen molar-refractivity contribution in [3.8, 4) is 0 Å². The molecule has 4 N–H and O–H groups in total. The number of carbonyl (C=O) groups is 3. The third-order valence-corrected chi connectivity index (χ3v) is 4.91. The maximum atomic E-state index is 12.3. The Labute approximate surface area is 180 Å². The van der Waals surface area contributed by atoms with Crippen LogP contribution in [0.2, 0.25) is 0 Å². The summed E-state index contributed by atoms with van der Waals surface area (Å²) in [6.07, 6.45) is 9.43. The molecule has 0 bridgehead atoms. The van der Waals surface area contributed by atoms with Gasteiger partial charge in [-0.25, -0.2) is 4.98 Å². The molecule has 2 amide bonds. The van der Waals surface area contributed by atoms with Crippen LogP contribution >= 0.6 is 0 Å². The first kappa shape index (κ1) is 23.8. The van der Waals surface area contributed by atoms with Gasteiger partial charge in [0, 0.05) is 37.5 Å². The molecule has 9 nitrogen and oxygen atoms in total. The van der Waals surface area contributed by atoms with Gasteiger partial charge in [0.2, 0.25) is 11.8 Å². The number of benzene rings is 1. The monoisotopic (exact) mass is 428 g/mol. The number of nitrogens with one attached hydrogen (secondary N) is 2. The SMILES string of the molecule is O=C(C=Cc1ccccc1)N[C@@H]1C[C@H](C(=O)NCCCn2ccnc2)C[C@H]1O.O=CO. The second kappa shape index (κ2) is 13.0. The number of carbonyl (C=O) groups excluding carboxylic acids is 2. The van der Waals surface area contributed by atoms with E-state index in [1.165, 1.54) is 6.08 Å². The molecule has 0 radical (unpaired) electrons. The Kier molecular flexibility index (Phi) is 9.96. The Balaban J connectivity index is 0.00000107. The summed E-state index contributed by atoms with van der Waals surface area (Å²) < 4.78 is 1.96. The number of aryl methyl sites for hydroxylation is 1. The van der Waals surface area contributed by atoms with E-state index in [9.17, 15) is 14.7 Å². The smallest absolute Gasteiger partial charge is 0.290 e. The van der Waals surface area contributed by atoms with E-state index in [4.69, 9.17) is 9.90 Å². The Hall–Kier alpha value is -3.46. The van der Waals surface area contributed by atoms with Crippen LogP contribution in [0.1, 0.15) is 24.8 Å². The molecule has 3 atom stereocenters. The molecule has 1 saturated carbocycles. The lowest BCUT2D eigenvalue weighted by Gasteiger charge is -2.15. The summed E-state index contributed by atoms with van der Waals surface area (Å²) in [6.45, 7) is 1.11. The standard InChI is InChI=1S/C21H26N4O3.CH2O2/c26-19-14-17(21(28)23-9-4-11-25-12-10-22-15-25)13-18(19)24-20(27)8-7-16-5-2-1-3-6-16;2-1-3/h1-3,5-8,10,12,15,17-19,26H,4,9,11,13-14H2,(H,23,28)(H,24,27);1H,(H,2,3)/t17-,18+,19+;/m0./s1. The van der Waals surface area contributed by atoms with Crippen LogP contribution in [0, 0.1) is 5.92 Å². The van der Waals surface area contributed by atoms with Crippen LogP contribution in [0.4, 0.5) is 0 Å². The van der Waals surface area contributed by atoms with Gasteiger partial charge in [0.1, 0.15) is 0 Å². The molecule has 1 aromatic carbocycles. The van der Waals surface area contributed by atoms with Crippen molar-refractivity contribution in [1.82, 2.24) is 20.2 Å².